The molecule has 7 nitrogen and oxygen atoms in total. The van der Waals surface area contributed by atoms with E-state index in [1.165, 1.54) is 44.9 Å². The molecule has 40 heavy (non-hydrogen) atoms. The maximum Gasteiger partial charge on any atom is 0.272 e. The fraction of sp³-hybridized carbons (Fsp3) is 0.485. The Morgan fingerprint density at radius 2 is 1.50 bits per heavy atom. The van der Waals surface area contributed by atoms with Gasteiger partial charge in [0.25, 0.3) is 5.91 Å². The molecule has 0 spiro atoms. The first kappa shape index (κ1) is 29.4. The van der Waals surface area contributed by atoms with Crippen molar-refractivity contribution >= 4 is 34.1 Å². The molecule has 1 aromatic heterocycles. The summed E-state index contributed by atoms with van der Waals surface area (Å²) in [5, 5.41) is 3.93. The summed E-state index contributed by atoms with van der Waals surface area (Å²) in [6.07, 6.45) is 11.8. The molecular formula is C33H44N4O3. The number of hydrogen-bond donors (Lipinski definition) is 1. The van der Waals surface area contributed by atoms with Gasteiger partial charge in [-0.05, 0) is 42.8 Å². The number of fused-ring (bicyclic) bond motifs is 1. The van der Waals surface area contributed by atoms with Crippen molar-refractivity contribution in [2.75, 3.05) is 43.5 Å². The maximum atomic E-state index is 13.2. The average molecular weight is 545 g/mol. The number of anilines is 2. The summed E-state index contributed by atoms with van der Waals surface area (Å²) in [6.45, 7) is 4.96. The first-order valence-corrected chi connectivity index (χ1v) is 15.0. The van der Waals surface area contributed by atoms with Crippen LogP contribution in [0.1, 0.15) is 81.6 Å². The third-order valence-electron chi connectivity index (χ3n) is 7.71. The summed E-state index contributed by atoms with van der Waals surface area (Å²) in [4.78, 5) is 34.3. The summed E-state index contributed by atoms with van der Waals surface area (Å²) in [5.74, 6) is 0.670. The molecule has 1 N–H and O–H groups in total. The molecule has 7 heteroatoms. The van der Waals surface area contributed by atoms with Crippen molar-refractivity contribution < 1.29 is 14.3 Å². The standard InChI is InChI=1S/C33H44N4O3/c1-3-4-5-6-7-8-9-10-11-16-32(38)34-26-17-19-27(20-18-26)36-21-23-37(24-22-36)33(39)30-25-31(40-2)28-14-12-13-15-29(28)35-30/h12-15,17-20,25H,3-11,16,21-24H2,1-2H3,(H,34,38). The van der Waals surface area contributed by atoms with Crippen LogP contribution in [0, 0.1) is 0 Å². The molecule has 2 amide bonds. The van der Waals surface area contributed by atoms with E-state index in [2.05, 4.69) is 22.1 Å². The number of carbonyl (C=O) groups is 2. The van der Waals surface area contributed by atoms with E-state index in [1.807, 2.05) is 53.4 Å². The number of pyridine rings is 1. The number of rotatable bonds is 14. The van der Waals surface area contributed by atoms with Crippen LogP contribution in [-0.4, -0.2) is 55.0 Å². The number of carbonyl (C=O) groups excluding carboxylic acids is 2. The van der Waals surface area contributed by atoms with Crippen LogP contribution in [0.25, 0.3) is 10.9 Å². The Labute approximate surface area is 238 Å². The smallest absolute Gasteiger partial charge is 0.272 e. The fourth-order valence-electron chi connectivity index (χ4n) is 5.33. The number of aromatic nitrogens is 1. The van der Waals surface area contributed by atoms with Gasteiger partial charge < -0.3 is 19.9 Å². The fourth-order valence-corrected chi connectivity index (χ4v) is 5.33. The van der Waals surface area contributed by atoms with Crippen LogP contribution in [-0.2, 0) is 4.79 Å². The van der Waals surface area contributed by atoms with E-state index in [4.69, 9.17) is 4.74 Å². The summed E-state index contributed by atoms with van der Waals surface area (Å²) < 4.78 is 5.52. The van der Waals surface area contributed by atoms with Crippen LogP contribution >= 0.6 is 0 Å². The van der Waals surface area contributed by atoms with Gasteiger partial charge in [-0.15, -0.1) is 0 Å². The third kappa shape index (κ3) is 8.20. The minimum atomic E-state index is -0.0752. The van der Waals surface area contributed by atoms with Crippen LogP contribution in [0.4, 0.5) is 11.4 Å². The Balaban J connectivity index is 1.19. The lowest BCUT2D eigenvalue weighted by Gasteiger charge is -2.36. The number of unbranched alkanes of at least 4 members (excludes halogenated alkanes) is 8. The zero-order chi connectivity index (χ0) is 28.2. The van der Waals surface area contributed by atoms with E-state index < -0.39 is 0 Å². The number of piperazine rings is 1. The molecule has 0 unspecified atom stereocenters. The number of hydrogen-bond acceptors (Lipinski definition) is 5. The van der Waals surface area contributed by atoms with E-state index in [0.717, 1.165) is 48.2 Å². The highest BCUT2D eigenvalue weighted by molar-refractivity contribution is 5.97. The van der Waals surface area contributed by atoms with Crippen molar-refractivity contribution in [1.82, 2.24) is 9.88 Å². The Hall–Kier alpha value is -3.61. The number of amides is 2. The lowest BCUT2D eigenvalue weighted by atomic mass is 10.1. The Kier molecular flexibility index (Phi) is 11.2. The van der Waals surface area contributed by atoms with E-state index in [1.54, 1.807) is 13.2 Å². The second kappa shape index (κ2) is 15.2. The van der Waals surface area contributed by atoms with Gasteiger partial charge in [-0.25, -0.2) is 4.98 Å². The van der Waals surface area contributed by atoms with E-state index in [-0.39, 0.29) is 11.8 Å². The highest BCUT2D eigenvalue weighted by Gasteiger charge is 2.24. The number of nitrogens with zero attached hydrogens (tertiary/aromatic N) is 3. The minimum Gasteiger partial charge on any atom is -0.496 e. The molecule has 2 aromatic carbocycles. The molecule has 214 valence electrons. The second-order valence-electron chi connectivity index (χ2n) is 10.7. The van der Waals surface area contributed by atoms with Gasteiger partial charge in [0.05, 0.1) is 12.6 Å². The zero-order valence-corrected chi connectivity index (χ0v) is 24.2. The van der Waals surface area contributed by atoms with Crippen molar-refractivity contribution in [2.24, 2.45) is 0 Å². The monoisotopic (exact) mass is 544 g/mol. The number of nitrogens with one attached hydrogen (secondary N) is 1. The molecule has 1 saturated heterocycles. The van der Waals surface area contributed by atoms with Gasteiger partial charge in [0.2, 0.25) is 5.91 Å². The van der Waals surface area contributed by atoms with Crippen LogP contribution in [0.15, 0.2) is 54.6 Å². The van der Waals surface area contributed by atoms with Crippen LogP contribution in [0.3, 0.4) is 0 Å². The van der Waals surface area contributed by atoms with E-state index in [0.29, 0.717) is 31.0 Å². The first-order chi connectivity index (χ1) is 19.6. The second-order valence-corrected chi connectivity index (χ2v) is 10.7. The summed E-state index contributed by atoms with van der Waals surface area (Å²) in [5.41, 5.74) is 3.08. The summed E-state index contributed by atoms with van der Waals surface area (Å²) >= 11 is 0. The third-order valence-corrected chi connectivity index (χ3v) is 7.71. The Morgan fingerprint density at radius 3 is 2.17 bits per heavy atom. The van der Waals surface area contributed by atoms with Gasteiger partial charge in [-0.1, -0.05) is 70.4 Å². The summed E-state index contributed by atoms with van der Waals surface area (Å²) in [7, 11) is 1.61. The molecular weight excluding hydrogens is 500 g/mol. The SMILES string of the molecule is CCCCCCCCCCCC(=O)Nc1ccc(N2CCN(C(=O)c3cc(OC)c4ccccc4n3)CC2)cc1. The average Bonchev–Trinajstić information content (AvgIpc) is 2.99. The number of methoxy groups -OCH3 is 1. The molecule has 1 aliphatic heterocycles. The first-order valence-electron chi connectivity index (χ1n) is 15.0. The lowest BCUT2D eigenvalue weighted by Crippen LogP contribution is -2.49. The predicted molar refractivity (Wildman–Crippen MR) is 163 cm³/mol. The maximum absolute atomic E-state index is 13.2. The topological polar surface area (TPSA) is 74.8 Å². The van der Waals surface area contributed by atoms with Crippen molar-refractivity contribution in [3.05, 3.63) is 60.3 Å². The molecule has 0 radical (unpaired) electrons. The molecule has 2 heterocycles. The van der Waals surface area contributed by atoms with Crippen LogP contribution in [0.2, 0.25) is 0 Å². The minimum absolute atomic E-state index is 0.0752. The van der Waals surface area contributed by atoms with Crippen molar-refractivity contribution in [3.8, 4) is 5.75 Å². The van der Waals surface area contributed by atoms with Gasteiger partial charge in [-0.3, -0.25) is 9.59 Å². The van der Waals surface area contributed by atoms with Gasteiger partial charge in [0.15, 0.2) is 0 Å². The quantitative estimate of drug-likeness (QED) is 0.220. The largest absolute Gasteiger partial charge is 0.496 e. The van der Waals surface area contributed by atoms with Gasteiger partial charge in [0.1, 0.15) is 11.4 Å². The number of benzene rings is 2. The molecule has 0 bridgehead atoms. The Morgan fingerprint density at radius 1 is 0.850 bits per heavy atom. The molecule has 0 atom stereocenters. The van der Waals surface area contributed by atoms with Gasteiger partial charge >= 0.3 is 0 Å². The molecule has 0 saturated carbocycles. The molecule has 1 fully saturated rings. The highest BCUT2D eigenvalue weighted by Crippen LogP contribution is 2.26. The van der Waals surface area contributed by atoms with E-state index >= 15 is 0 Å². The normalized spacial score (nSPS) is 13.4. The summed E-state index contributed by atoms with van der Waals surface area (Å²) in [6, 6.07) is 17.4. The molecule has 4 rings (SSSR count). The predicted octanol–water partition coefficient (Wildman–Crippen LogP) is 7.07. The Bertz CT molecular complexity index is 1240. The molecule has 0 aliphatic carbocycles. The number of para-hydroxylation sites is 1. The highest BCUT2D eigenvalue weighted by atomic mass is 16.5. The van der Waals surface area contributed by atoms with Crippen molar-refractivity contribution in [3.63, 3.8) is 0 Å². The van der Waals surface area contributed by atoms with Gasteiger partial charge in [0, 0.05) is 55.4 Å². The van der Waals surface area contributed by atoms with Crippen LogP contribution in [0.5, 0.6) is 5.75 Å². The van der Waals surface area contributed by atoms with Crippen molar-refractivity contribution in [2.45, 2.75) is 71.1 Å². The zero-order valence-electron chi connectivity index (χ0n) is 24.2. The van der Waals surface area contributed by atoms with Crippen molar-refractivity contribution in [1.29, 1.82) is 0 Å². The number of ether oxygens (including phenoxy) is 1. The van der Waals surface area contributed by atoms with E-state index in [9.17, 15) is 9.59 Å². The lowest BCUT2D eigenvalue weighted by molar-refractivity contribution is -0.116. The van der Waals surface area contributed by atoms with Crippen LogP contribution < -0.4 is 15.0 Å². The molecule has 1 aliphatic rings. The molecule has 3 aromatic rings. The van der Waals surface area contributed by atoms with Gasteiger partial charge in [-0.2, -0.15) is 0 Å².